The molecule has 2 N–H and O–H groups in total. The predicted molar refractivity (Wildman–Crippen MR) is 104 cm³/mol. The summed E-state index contributed by atoms with van der Waals surface area (Å²) < 4.78 is 34.3. The summed E-state index contributed by atoms with van der Waals surface area (Å²) in [6.07, 6.45) is 3.94. The van der Waals surface area contributed by atoms with Crippen molar-refractivity contribution < 1.29 is 28.2 Å². The first kappa shape index (κ1) is 19.9. The van der Waals surface area contributed by atoms with Crippen LogP contribution in [0.3, 0.4) is 0 Å². The Balaban J connectivity index is 1.41. The molecule has 2 bridgehead atoms. The van der Waals surface area contributed by atoms with E-state index in [0.717, 1.165) is 25.3 Å². The fourth-order valence-corrected chi connectivity index (χ4v) is 4.83. The average Bonchev–Trinajstić information content (AvgIpc) is 3.10. The van der Waals surface area contributed by atoms with Gasteiger partial charge in [0.15, 0.2) is 17.7 Å². The van der Waals surface area contributed by atoms with E-state index in [1.165, 1.54) is 16.8 Å². The molecule has 2 aliphatic carbocycles. The van der Waals surface area contributed by atoms with E-state index >= 15 is 0 Å². The number of aromatic nitrogens is 1. The van der Waals surface area contributed by atoms with Crippen molar-refractivity contribution in [2.75, 3.05) is 6.54 Å². The van der Waals surface area contributed by atoms with Gasteiger partial charge in [0.05, 0.1) is 12.6 Å². The topological polar surface area (TPSA) is 101 Å². The highest BCUT2D eigenvalue weighted by Gasteiger charge is 2.47. The Kier molecular flexibility index (Phi) is 4.69. The number of rotatable bonds is 3. The third kappa shape index (κ3) is 3.25. The number of aromatic hydroxyl groups is 1. The van der Waals surface area contributed by atoms with E-state index in [2.05, 4.69) is 5.32 Å². The minimum absolute atomic E-state index is 0.00288. The van der Waals surface area contributed by atoms with Crippen LogP contribution in [0.25, 0.3) is 0 Å². The Morgan fingerprint density at radius 1 is 1.32 bits per heavy atom. The van der Waals surface area contributed by atoms with E-state index in [0.29, 0.717) is 0 Å². The highest BCUT2D eigenvalue weighted by molar-refractivity contribution is 5.99. The minimum Gasteiger partial charge on any atom is -0.503 e. The summed E-state index contributed by atoms with van der Waals surface area (Å²) in [5.74, 6) is -2.88. The molecule has 5 rings (SSSR count). The van der Waals surface area contributed by atoms with Gasteiger partial charge in [0.1, 0.15) is 17.6 Å². The SMILES string of the molecule is O=C(NCC1=CCC(F)C=C1F)c1cn2c(c(O)c1=O)C(=O)N1[C@@H]3CC[C@@H](C3)O[C@H]1C2. The van der Waals surface area contributed by atoms with Gasteiger partial charge in [0.2, 0.25) is 5.43 Å². The van der Waals surface area contributed by atoms with Crippen molar-refractivity contribution in [3.63, 3.8) is 0 Å². The molecule has 1 aromatic heterocycles. The van der Waals surface area contributed by atoms with E-state index in [4.69, 9.17) is 4.74 Å². The third-order valence-corrected chi connectivity index (χ3v) is 6.36. The maximum absolute atomic E-state index is 13.8. The number of hydrogen-bond donors (Lipinski definition) is 2. The maximum Gasteiger partial charge on any atom is 0.276 e. The number of nitrogens with zero attached hydrogens (tertiary/aromatic N) is 2. The van der Waals surface area contributed by atoms with E-state index in [-0.39, 0.29) is 48.5 Å². The van der Waals surface area contributed by atoms with Crippen molar-refractivity contribution in [2.24, 2.45) is 0 Å². The smallest absolute Gasteiger partial charge is 0.276 e. The molecule has 1 unspecified atom stereocenters. The lowest BCUT2D eigenvalue weighted by Gasteiger charge is -2.44. The van der Waals surface area contributed by atoms with Crippen molar-refractivity contribution in [1.29, 1.82) is 0 Å². The van der Waals surface area contributed by atoms with E-state index in [1.807, 2.05) is 0 Å². The van der Waals surface area contributed by atoms with E-state index < -0.39 is 41.2 Å². The van der Waals surface area contributed by atoms with Gasteiger partial charge in [-0.2, -0.15) is 0 Å². The molecule has 0 radical (unpaired) electrons. The number of ether oxygens (including phenoxy) is 1. The number of fused-ring (bicyclic) bond motifs is 5. The van der Waals surface area contributed by atoms with Gasteiger partial charge < -0.3 is 24.6 Å². The first-order valence-corrected chi connectivity index (χ1v) is 10.3. The Morgan fingerprint density at radius 3 is 2.90 bits per heavy atom. The number of halogens is 2. The number of nitrogens with one attached hydrogen (secondary N) is 1. The van der Waals surface area contributed by atoms with Gasteiger partial charge in [0, 0.05) is 30.8 Å². The second-order valence-electron chi connectivity index (χ2n) is 8.29. The van der Waals surface area contributed by atoms with Crippen LogP contribution in [0.15, 0.2) is 34.5 Å². The lowest BCUT2D eigenvalue weighted by molar-refractivity contribution is -0.132. The summed E-state index contributed by atoms with van der Waals surface area (Å²) in [5.41, 5.74) is -1.40. The molecule has 4 aliphatic rings. The molecule has 2 amide bonds. The lowest BCUT2D eigenvalue weighted by atomic mass is 10.0. The third-order valence-electron chi connectivity index (χ3n) is 6.36. The molecule has 0 spiro atoms. The summed E-state index contributed by atoms with van der Waals surface area (Å²) in [7, 11) is 0. The molecular formula is C21H21F2N3O5. The van der Waals surface area contributed by atoms with Gasteiger partial charge in [-0.15, -0.1) is 0 Å². The van der Waals surface area contributed by atoms with Gasteiger partial charge in [-0.05, 0) is 25.3 Å². The zero-order valence-electron chi connectivity index (χ0n) is 16.5. The van der Waals surface area contributed by atoms with Crippen molar-refractivity contribution in [3.05, 3.63) is 51.2 Å². The molecule has 31 heavy (non-hydrogen) atoms. The molecule has 4 atom stereocenters. The molecule has 10 heteroatoms. The van der Waals surface area contributed by atoms with Crippen LogP contribution in [-0.4, -0.2) is 57.5 Å². The van der Waals surface area contributed by atoms with Crippen LogP contribution in [0, 0.1) is 0 Å². The van der Waals surface area contributed by atoms with Crippen LogP contribution < -0.4 is 10.7 Å². The van der Waals surface area contributed by atoms with Crippen LogP contribution in [-0.2, 0) is 11.3 Å². The number of alkyl halides is 1. The Bertz CT molecular complexity index is 1100. The molecule has 1 saturated heterocycles. The normalized spacial score (nSPS) is 29.1. The average molecular weight is 433 g/mol. The molecular weight excluding hydrogens is 412 g/mol. The first-order valence-electron chi connectivity index (χ1n) is 10.3. The predicted octanol–water partition coefficient (Wildman–Crippen LogP) is 1.54. The molecule has 3 heterocycles. The highest BCUT2D eigenvalue weighted by Crippen LogP contribution is 2.38. The van der Waals surface area contributed by atoms with Crippen molar-refractivity contribution in [1.82, 2.24) is 14.8 Å². The molecule has 164 valence electrons. The lowest BCUT2D eigenvalue weighted by Crippen LogP contribution is -2.57. The van der Waals surface area contributed by atoms with Crippen LogP contribution in [0.4, 0.5) is 8.78 Å². The number of carbonyl (C=O) groups is 2. The monoisotopic (exact) mass is 433 g/mol. The van der Waals surface area contributed by atoms with E-state index in [9.17, 15) is 28.3 Å². The van der Waals surface area contributed by atoms with Gasteiger partial charge in [0.25, 0.3) is 11.8 Å². The fraction of sp³-hybridized carbons (Fsp3) is 0.476. The van der Waals surface area contributed by atoms with Gasteiger partial charge in [-0.1, -0.05) is 6.08 Å². The van der Waals surface area contributed by atoms with Crippen LogP contribution in [0.5, 0.6) is 5.75 Å². The zero-order chi connectivity index (χ0) is 21.9. The molecule has 1 aromatic rings. The fourth-order valence-electron chi connectivity index (χ4n) is 4.83. The zero-order valence-corrected chi connectivity index (χ0v) is 16.5. The summed E-state index contributed by atoms with van der Waals surface area (Å²) in [6.45, 7) is -0.0553. The molecule has 0 aromatic carbocycles. The summed E-state index contributed by atoms with van der Waals surface area (Å²) >= 11 is 0. The highest BCUT2D eigenvalue weighted by atomic mass is 19.1. The molecule has 1 saturated carbocycles. The largest absolute Gasteiger partial charge is 0.503 e. The van der Waals surface area contributed by atoms with Crippen LogP contribution in [0.2, 0.25) is 0 Å². The number of carbonyl (C=O) groups excluding carboxylic acids is 2. The maximum atomic E-state index is 13.8. The summed E-state index contributed by atoms with van der Waals surface area (Å²) in [4.78, 5) is 39.8. The van der Waals surface area contributed by atoms with Gasteiger partial charge in [-0.3, -0.25) is 14.4 Å². The number of hydrogen-bond acceptors (Lipinski definition) is 5. The summed E-state index contributed by atoms with van der Waals surface area (Å²) in [6, 6.07) is 0.0121. The quantitative estimate of drug-likeness (QED) is 0.753. The Labute approximate surface area is 175 Å². The number of pyridine rings is 1. The van der Waals surface area contributed by atoms with Gasteiger partial charge in [-0.25, -0.2) is 8.78 Å². The second-order valence-corrected chi connectivity index (χ2v) is 8.29. The molecule has 2 fully saturated rings. The Hall–Kier alpha value is -3.01. The number of allylic oxidation sites excluding steroid dienone is 2. The van der Waals surface area contributed by atoms with Crippen molar-refractivity contribution in [3.8, 4) is 5.75 Å². The van der Waals surface area contributed by atoms with Crippen LogP contribution >= 0.6 is 0 Å². The minimum atomic E-state index is -1.41. The van der Waals surface area contributed by atoms with Crippen LogP contribution in [0.1, 0.15) is 46.5 Å². The number of amides is 2. The van der Waals surface area contributed by atoms with Crippen molar-refractivity contribution >= 4 is 11.8 Å². The summed E-state index contributed by atoms with van der Waals surface area (Å²) in [5, 5.41) is 12.9. The Morgan fingerprint density at radius 2 is 2.13 bits per heavy atom. The van der Waals surface area contributed by atoms with E-state index in [1.54, 1.807) is 4.90 Å². The standard InChI is InChI=1S/C21H21F2N3O5/c22-11-2-1-10(15(23)5-11)7-24-20(29)14-8-25-9-16-26(12-3-4-13(6-12)31-16)21(30)17(25)19(28)18(14)27/h1,5,8,11-13,16,28H,2-4,6-7,9H2,(H,24,29)/t11?,12-,13+,16+/m1/s1. The van der Waals surface area contributed by atoms with Crippen molar-refractivity contribution in [2.45, 2.75) is 56.8 Å². The van der Waals surface area contributed by atoms with Gasteiger partial charge >= 0.3 is 0 Å². The second kappa shape index (κ2) is 7.30. The first-order chi connectivity index (χ1) is 14.8. The molecule has 2 aliphatic heterocycles. The molecule has 8 nitrogen and oxygen atoms in total.